The molecule has 0 aromatic heterocycles. The molecule has 0 aliphatic carbocycles. The SMILES string of the molecule is OCCCC[CH]CCCCO. The summed E-state index contributed by atoms with van der Waals surface area (Å²) in [6.45, 7) is 0.620. The Bertz CT molecular complexity index is 56.6. The van der Waals surface area contributed by atoms with Crippen LogP contribution in [-0.2, 0) is 0 Å². The summed E-state index contributed by atoms with van der Waals surface area (Å²) in [5.74, 6) is 0. The van der Waals surface area contributed by atoms with Crippen LogP contribution in [0.4, 0.5) is 0 Å². The molecule has 0 aliphatic heterocycles. The highest BCUT2D eigenvalue weighted by Gasteiger charge is 1.89. The van der Waals surface area contributed by atoms with Crippen molar-refractivity contribution in [2.75, 3.05) is 13.2 Å². The van der Waals surface area contributed by atoms with Gasteiger partial charge in [0.2, 0.25) is 0 Å². The molecule has 0 saturated carbocycles. The molecule has 0 heterocycles. The van der Waals surface area contributed by atoms with Crippen molar-refractivity contribution in [1.82, 2.24) is 0 Å². The Labute approximate surface area is 69.2 Å². The first-order valence-corrected chi connectivity index (χ1v) is 4.45. The molecular weight excluding hydrogens is 140 g/mol. The Kier molecular flexibility index (Phi) is 9.85. The van der Waals surface area contributed by atoms with Gasteiger partial charge in [-0.25, -0.2) is 0 Å². The van der Waals surface area contributed by atoms with Gasteiger partial charge in [-0.05, 0) is 19.3 Å². The molecule has 2 nitrogen and oxygen atoms in total. The lowest BCUT2D eigenvalue weighted by atomic mass is 10.1. The van der Waals surface area contributed by atoms with Gasteiger partial charge < -0.3 is 10.2 Å². The number of hydrogen-bond donors (Lipinski definition) is 2. The van der Waals surface area contributed by atoms with Crippen molar-refractivity contribution in [2.45, 2.75) is 38.5 Å². The van der Waals surface area contributed by atoms with Gasteiger partial charge in [0.15, 0.2) is 0 Å². The lowest BCUT2D eigenvalue weighted by Crippen LogP contribution is -1.86. The van der Waals surface area contributed by atoms with Crippen LogP contribution in [0.5, 0.6) is 0 Å². The van der Waals surface area contributed by atoms with Crippen LogP contribution < -0.4 is 0 Å². The first-order chi connectivity index (χ1) is 5.41. The van der Waals surface area contributed by atoms with Crippen molar-refractivity contribution < 1.29 is 10.2 Å². The second-order valence-corrected chi connectivity index (χ2v) is 2.73. The minimum absolute atomic E-state index is 0.310. The minimum Gasteiger partial charge on any atom is -0.396 e. The molecule has 0 unspecified atom stereocenters. The average molecular weight is 159 g/mol. The fraction of sp³-hybridized carbons (Fsp3) is 0.889. The zero-order chi connectivity index (χ0) is 8.36. The third-order valence-electron chi connectivity index (χ3n) is 1.63. The average Bonchev–Trinajstić information content (AvgIpc) is 2.03. The third-order valence-corrected chi connectivity index (χ3v) is 1.63. The molecule has 67 valence electrons. The maximum Gasteiger partial charge on any atom is 0.0431 e. The molecule has 0 aliphatic rings. The fourth-order valence-corrected chi connectivity index (χ4v) is 0.945. The molecule has 11 heavy (non-hydrogen) atoms. The van der Waals surface area contributed by atoms with Gasteiger partial charge in [0, 0.05) is 13.2 Å². The molecule has 0 atom stereocenters. The highest BCUT2D eigenvalue weighted by molar-refractivity contribution is 4.63. The van der Waals surface area contributed by atoms with Gasteiger partial charge in [-0.15, -0.1) is 0 Å². The summed E-state index contributed by atoms with van der Waals surface area (Å²) >= 11 is 0. The molecule has 0 amide bonds. The third kappa shape index (κ3) is 9.92. The molecule has 0 bridgehead atoms. The van der Waals surface area contributed by atoms with E-state index in [2.05, 4.69) is 6.42 Å². The van der Waals surface area contributed by atoms with Gasteiger partial charge in [0.1, 0.15) is 0 Å². The van der Waals surface area contributed by atoms with Crippen LogP contribution in [-0.4, -0.2) is 23.4 Å². The largest absolute Gasteiger partial charge is 0.396 e. The summed E-state index contributed by atoms with van der Waals surface area (Å²) in [5, 5.41) is 16.9. The van der Waals surface area contributed by atoms with Crippen LogP contribution in [0.1, 0.15) is 38.5 Å². The maximum atomic E-state index is 8.46. The zero-order valence-corrected chi connectivity index (χ0v) is 7.13. The van der Waals surface area contributed by atoms with Crippen LogP contribution in [0.2, 0.25) is 0 Å². The molecule has 2 N–H and O–H groups in total. The Hall–Kier alpha value is -0.0800. The standard InChI is InChI=1S/C9H19O2/c10-8-6-4-2-1-3-5-7-9-11/h1,10-11H,2-9H2. The first kappa shape index (κ1) is 10.9. The van der Waals surface area contributed by atoms with E-state index in [0.717, 1.165) is 38.5 Å². The predicted octanol–water partition coefficient (Wildman–Crippen LogP) is 1.52. The van der Waals surface area contributed by atoms with E-state index in [1.807, 2.05) is 0 Å². The summed E-state index contributed by atoms with van der Waals surface area (Å²) < 4.78 is 0. The molecule has 0 saturated heterocycles. The number of rotatable bonds is 8. The van der Waals surface area contributed by atoms with Gasteiger partial charge in [-0.2, -0.15) is 0 Å². The van der Waals surface area contributed by atoms with E-state index in [1.54, 1.807) is 0 Å². The molecule has 2 heteroatoms. The summed E-state index contributed by atoms with van der Waals surface area (Å²) in [6, 6.07) is 0. The molecule has 0 fully saturated rings. The lowest BCUT2D eigenvalue weighted by molar-refractivity contribution is 0.282. The van der Waals surface area contributed by atoms with Crippen molar-refractivity contribution in [3.63, 3.8) is 0 Å². The minimum atomic E-state index is 0.310. The highest BCUT2D eigenvalue weighted by Crippen LogP contribution is 2.04. The monoisotopic (exact) mass is 159 g/mol. The van der Waals surface area contributed by atoms with E-state index in [1.165, 1.54) is 0 Å². The van der Waals surface area contributed by atoms with Crippen molar-refractivity contribution in [3.05, 3.63) is 6.42 Å². The van der Waals surface area contributed by atoms with Crippen LogP contribution in [0.25, 0.3) is 0 Å². The smallest absolute Gasteiger partial charge is 0.0431 e. The highest BCUT2D eigenvalue weighted by atomic mass is 16.3. The lowest BCUT2D eigenvalue weighted by Gasteiger charge is -1.98. The second-order valence-electron chi connectivity index (χ2n) is 2.73. The van der Waals surface area contributed by atoms with Gasteiger partial charge in [-0.3, -0.25) is 0 Å². The van der Waals surface area contributed by atoms with Gasteiger partial charge in [0.25, 0.3) is 0 Å². The Morgan fingerprint density at radius 3 is 1.55 bits per heavy atom. The maximum absolute atomic E-state index is 8.46. The summed E-state index contributed by atoms with van der Waals surface area (Å²) in [7, 11) is 0. The molecule has 0 spiro atoms. The van der Waals surface area contributed by atoms with Crippen LogP contribution in [0, 0.1) is 6.42 Å². The fourth-order valence-electron chi connectivity index (χ4n) is 0.945. The van der Waals surface area contributed by atoms with E-state index >= 15 is 0 Å². The zero-order valence-electron chi connectivity index (χ0n) is 7.13. The molecule has 0 rings (SSSR count). The van der Waals surface area contributed by atoms with Crippen LogP contribution >= 0.6 is 0 Å². The number of aliphatic hydroxyl groups is 2. The van der Waals surface area contributed by atoms with Crippen molar-refractivity contribution >= 4 is 0 Å². The Morgan fingerprint density at radius 1 is 0.727 bits per heavy atom. The number of aliphatic hydroxyl groups excluding tert-OH is 2. The van der Waals surface area contributed by atoms with E-state index in [-0.39, 0.29) is 0 Å². The predicted molar refractivity (Wildman–Crippen MR) is 46.2 cm³/mol. The summed E-state index contributed by atoms with van der Waals surface area (Å²) in [6.07, 6.45) is 8.46. The summed E-state index contributed by atoms with van der Waals surface area (Å²) in [4.78, 5) is 0. The van der Waals surface area contributed by atoms with Crippen LogP contribution in [0.3, 0.4) is 0 Å². The number of unbranched alkanes of at least 4 members (excludes halogenated alkanes) is 6. The van der Waals surface area contributed by atoms with E-state index in [4.69, 9.17) is 10.2 Å². The van der Waals surface area contributed by atoms with E-state index in [9.17, 15) is 0 Å². The molecule has 0 aromatic rings. The topological polar surface area (TPSA) is 40.5 Å². The van der Waals surface area contributed by atoms with Crippen LogP contribution in [0.15, 0.2) is 0 Å². The normalized spacial score (nSPS) is 10.4. The summed E-state index contributed by atoms with van der Waals surface area (Å²) in [5.41, 5.74) is 0. The van der Waals surface area contributed by atoms with Gasteiger partial charge in [-0.1, -0.05) is 25.7 Å². The van der Waals surface area contributed by atoms with Gasteiger partial charge >= 0.3 is 0 Å². The molecular formula is C9H19O2. The first-order valence-electron chi connectivity index (χ1n) is 4.45. The number of hydrogen-bond acceptors (Lipinski definition) is 2. The second kappa shape index (κ2) is 9.92. The molecule has 1 radical (unpaired) electrons. The van der Waals surface area contributed by atoms with Crippen molar-refractivity contribution in [1.29, 1.82) is 0 Å². The Morgan fingerprint density at radius 2 is 1.18 bits per heavy atom. The van der Waals surface area contributed by atoms with E-state index < -0.39 is 0 Å². The molecule has 0 aromatic carbocycles. The van der Waals surface area contributed by atoms with Crippen molar-refractivity contribution in [2.24, 2.45) is 0 Å². The van der Waals surface area contributed by atoms with Crippen molar-refractivity contribution in [3.8, 4) is 0 Å². The van der Waals surface area contributed by atoms with Gasteiger partial charge in [0.05, 0.1) is 0 Å². The van der Waals surface area contributed by atoms with E-state index in [0.29, 0.717) is 13.2 Å². The Balaban J connectivity index is 2.69. The quantitative estimate of drug-likeness (QED) is 0.527.